The number of hydrazine groups is 1. The maximum atomic E-state index is 9.68. The Kier molecular flexibility index (Phi) is 7.89. The standard InChI is InChI=1S/C30H52N6O/c1-30(2,19-31)23-7-4-20(5-8-23)29-28-25-15-21(6-9-26(25)33-18-27(28)35(3)34-29)22-14-24(17-32-16-22)36-10-12-37-13-11-36/h20-29,32-34H,4-18H2,1-3H3. The highest BCUT2D eigenvalue weighted by Crippen LogP contribution is 2.49. The predicted molar refractivity (Wildman–Crippen MR) is 147 cm³/mol. The first-order chi connectivity index (χ1) is 17.9. The van der Waals surface area contributed by atoms with Crippen LogP contribution in [0.1, 0.15) is 65.2 Å². The lowest BCUT2D eigenvalue weighted by Crippen LogP contribution is -2.59. The summed E-state index contributed by atoms with van der Waals surface area (Å²) in [6.45, 7) is 11.8. The molecule has 0 bridgehead atoms. The fourth-order valence-corrected chi connectivity index (χ4v) is 9.60. The summed E-state index contributed by atoms with van der Waals surface area (Å²) in [7, 11) is 2.29. The van der Waals surface area contributed by atoms with Gasteiger partial charge in [-0.05, 0) is 107 Å². The topological polar surface area (TPSA) is 75.6 Å². The van der Waals surface area contributed by atoms with E-state index in [4.69, 9.17) is 4.74 Å². The molecule has 8 atom stereocenters. The van der Waals surface area contributed by atoms with E-state index in [0.29, 0.717) is 30.1 Å². The molecule has 4 heterocycles. The zero-order valence-electron chi connectivity index (χ0n) is 23.6. The quantitative estimate of drug-likeness (QED) is 0.535. The minimum Gasteiger partial charge on any atom is -0.379 e. The van der Waals surface area contributed by atoms with Crippen molar-refractivity contribution in [3.05, 3.63) is 0 Å². The van der Waals surface area contributed by atoms with Gasteiger partial charge < -0.3 is 15.4 Å². The normalized spacial score (nSPS) is 46.1. The molecule has 4 saturated heterocycles. The van der Waals surface area contributed by atoms with Gasteiger partial charge in [-0.2, -0.15) is 5.26 Å². The summed E-state index contributed by atoms with van der Waals surface area (Å²) in [6.07, 6.45) is 10.5. The molecule has 0 spiro atoms. The largest absolute Gasteiger partial charge is 0.379 e. The van der Waals surface area contributed by atoms with E-state index in [1.807, 2.05) is 0 Å². The molecule has 2 saturated carbocycles. The lowest BCUT2D eigenvalue weighted by molar-refractivity contribution is -0.00564. The Morgan fingerprint density at radius 1 is 0.892 bits per heavy atom. The summed E-state index contributed by atoms with van der Waals surface area (Å²) >= 11 is 0. The van der Waals surface area contributed by atoms with Gasteiger partial charge in [0.05, 0.1) is 24.7 Å². The zero-order valence-corrected chi connectivity index (χ0v) is 23.6. The molecule has 6 aliphatic rings. The highest BCUT2D eigenvalue weighted by atomic mass is 16.5. The molecule has 6 fully saturated rings. The van der Waals surface area contributed by atoms with Crippen LogP contribution in [0.3, 0.4) is 0 Å². The minimum absolute atomic E-state index is 0.184. The third-order valence-corrected chi connectivity index (χ3v) is 11.9. The lowest BCUT2D eigenvalue weighted by atomic mass is 9.60. The highest BCUT2D eigenvalue weighted by molar-refractivity contribution is 5.08. The molecule has 2 aliphatic carbocycles. The molecule has 8 unspecified atom stereocenters. The zero-order chi connectivity index (χ0) is 25.6. The van der Waals surface area contributed by atoms with Crippen molar-refractivity contribution in [2.24, 2.45) is 40.9 Å². The summed E-state index contributed by atoms with van der Waals surface area (Å²) in [5.74, 6) is 4.54. The van der Waals surface area contributed by atoms with Crippen LogP contribution in [-0.4, -0.2) is 87.1 Å². The molecule has 6 rings (SSSR count). The van der Waals surface area contributed by atoms with Crippen molar-refractivity contribution in [3.8, 4) is 6.07 Å². The van der Waals surface area contributed by atoms with Crippen LogP contribution in [0.4, 0.5) is 0 Å². The van der Waals surface area contributed by atoms with Gasteiger partial charge in [-0.3, -0.25) is 10.3 Å². The van der Waals surface area contributed by atoms with E-state index in [2.05, 4.69) is 52.9 Å². The van der Waals surface area contributed by atoms with Crippen molar-refractivity contribution in [3.63, 3.8) is 0 Å². The van der Waals surface area contributed by atoms with E-state index in [1.54, 1.807) is 0 Å². The van der Waals surface area contributed by atoms with Crippen molar-refractivity contribution in [2.75, 3.05) is 53.0 Å². The molecule has 4 aliphatic heterocycles. The number of fused-ring (bicyclic) bond motifs is 3. The average Bonchev–Trinajstić information content (AvgIpc) is 3.30. The van der Waals surface area contributed by atoms with Crippen LogP contribution in [0, 0.1) is 52.3 Å². The van der Waals surface area contributed by atoms with Crippen molar-refractivity contribution in [1.29, 1.82) is 5.26 Å². The molecule has 0 radical (unpaired) electrons. The van der Waals surface area contributed by atoms with Gasteiger partial charge in [0.25, 0.3) is 0 Å². The van der Waals surface area contributed by atoms with Gasteiger partial charge >= 0.3 is 0 Å². The number of nitrogens with one attached hydrogen (secondary N) is 3. The SMILES string of the molecule is CN1NC(C2CCC(C(C)(C)C#N)CC2)C2C3CC(C4CNCC(N5CCOCC5)C4)CCC3NCC21. The Labute approximate surface area is 225 Å². The Bertz CT molecular complexity index is 815. The number of rotatable bonds is 4. The second-order valence-electron chi connectivity index (χ2n) is 14.1. The van der Waals surface area contributed by atoms with Gasteiger partial charge in [0.1, 0.15) is 0 Å². The number of hydrogen-bond donors (Lipinski definition) is 3. The summed E-state index contributed by atoms with van der Waals surface area (Å²) in [4.78, 5) is 2.70. The molecule has 0 aromatic heterocycles. The number of likely N-dealkylation sites (N-methyl/N-ethyl adjacent to an activating group) is 1. The highest BCUT2D eigenvalue weighted by Gasteiger charge is 2.54. The van der Waals surface area contributed by atoms with E-state index >= 15 is 0 Å². The minimum atomic E-state index is -0.184. The van der Waals surface area contributed by atoms with E-state index in [0.717, 1.165) is 69.0 Å². The smallest absolute Gasteiger partial charge is 0.0686 e. The van der Waals surface area contributed by atoms with Gasteiger partial charge in [-0.1, -0.05) is 0 Å². The summed E-state index contributed by atoms with van der Waals surface area (Å²) in [6, 6.07) is 5.22. The first-order valence-corrected chi connectivity index (χ1v) is 15.6. The van der Waals surface area contributed by atoms with Crippen LogP contribution < -0.4 is 16.1 Å². The Morgan fingerprint density at radius 3 is 2.41 bits per heavy atom. The molecule has 0 aromatic rings. The van der Waals surface area contributed by atoms with Crippen LogP contribution in [0.15, 0.2) is 0 Å². The molecule has 7 nitrogen and oxygen atoms in total. The summed E-state index contributed by atoms with van der Waals surface area (Å²) in [5.41, 5.74) is 3.82. The summed E-state index contributed by atoms with van der Waals surface area (Å²) < 4.78 is 5.64. The Morgan fingerprint density at radius 2 is 1.65 bits per heavy atom. The average molecular weight is 513 g/mol. The van der Waals surface area contributed by atoms with Gasteiger partial charge in [0.2, 0.25) is 0 Å². The lowest BCUT2D eigenvalue weighted by Gasteiger charge is -2.51. The molecule has 0 aromatic carbocycles. The monoisotopic (exact) mass is 512 g/mol. The molecule has 208 valence electrons. The molecule has 0 amide bonds. The number of nitriles is 1. The molecular weight excluding hydrogens is 460 g/mol. The van der Waals surface area contributed by atoms with Crippen molar-refractivity contribution in [1.82, 2.24) is 26.0 Å². The third-order valence-electron chi connectivity index (χ3n) is 11.9. The first-order valence-electron chi connectivity index (χ1n) is 15.6. The van der Waals surface area contributed by atoms with E-state index in [-0.39, 0.29) is 5.41 Å². The molecule has 7 heteroatoms. The second kappa shape index (κ2) is 11.0. The van der Waals surface area contributed by atoms with E-state index < -0.39 is 0 Å². The number of piperidine rings is 2. The van der Waals surface area contributed by atoms with E-state index in [9.17, 15) is 5.26 Å². The van der Waals surface area contributed by atoms with Crippen LogP contribution in [0.25, 0.3) is 0 Å². The van der Waals surface area contributed by atoms with Crippen LogP contribution in [0.5, 0.6) is 0 Å². The Hall–Kier alpha value is -0.750. The van der Waals surface area contributed by atoms with Gasteiger partial charge in [-0.15, -0.1) is 0 Å². The first kappa shape index (κ1) is 26.5. The van der Waals surface area contributed by atoms with Gasteiger partial charge in [0.15, 0.2) is 0 Å². The van der Waals surface area contributed by atoms with Gasteiger partial charge in [0, 0.05) is 57.4 Å². The van der Waals surface area contributed by atoms with Crippen LogP contribution >= 0.6 is 0 Å². The second-order valence-corrected chi connectivity index (χ2v) is 14.1. The fraction of sp³-hybridized carbons (Fsp3) is 0.967. The van der Waals surface area contributed by atoms with E-state index in [1.165, 1.54) is 57.9 Å². The fourth-order valence-electron chi connectivity index (χ4n) is 9.60. The molecule has 3 N–H and O–H groups in total. The van der Waals surface area contributed by atoms with Gasteiger partial charge in [-0.25, -0.2) is 5.01 Å². The summed E-state index contributed by atoms with van der Waals surface area (Å²) in [5, 5.41) is 20.0. The molecular formula is C30H52N6O. The Balaban J connectivity index is 1.13. The maximum Gasteiger partial charge on any atom is 0.0686 e. The molecule has 37 heavy (non-hydrogen) atoms. The van der Waals surface area contributed by atoms with Crippen LogP contribution in [-0.2, 0) is 4.74 Å². The van der Waals surface area contributed by atoms with Crippen molar-refractivity contribution >= 4 is 0 Å². The number of morpholine rings is 1. The van der Waals surface area contributed by atoms with Crippen molar-refractivity contribution in [2.45, 2.75) is 89.4 Å². The predicted octanol–water partition coefficient (Wildman–Crippen LogP) is 2.84. The van der Waals surface area contributed by atoms with Crippen LogP contribution in [0.2, 0.25) is 0 Å². The third kappa shape index (κ3) is 5.24. The number of ether oxygens (including phenoxy) is 1. The number of nitrogens with zero attached hydrogens (tertiary/aromatic N) is 3. The number of hydrogen-bond acceptors (Lipinski definition) is 7. The van der Waals surface area contributed by atoms with Crippen molar-refractivity contribution < 1.29 is 4.74 Å². The maximum absolute atomic E-state index is 9.68.